The number of hydrogen-bond acceptors (Lipinski definition) is 4. The summed E-state index contributed by atoms with van der Waals surface area (Å²) in [6.07, 6.45) is 5.91. The highest BCUT2D eigenvalue weighted by Gasteiger charge is 2.45. The molecule has 0 spiro atoms. The van der Waals surface area contributed by atoms with Gasteiger partial charge in [0, 0.05) is 18.8 Å². The lowest BCUT2D eigenvalue weighted by molar-refractivity contribution is -0.135. The van der Waals surface area contributed by atoms with Crippen LogP contribution in [0.25, 0.3) is 0 Å². The van der Waals surface area contributed by atoms with E-state index >= 15 is 0 Å². The molecule has 2 aliphatic rings. The van der Waals surface area contributed by atoms with Crippen molar-refractivity contribution in [2.45, 2.75) is 51.0 Å². The van der Waals surface area contributed by atoms with Crippen molar-refractivity contribution < 1.29 is 9.59 Å². The topological polar surface area (TPSA) is 78.7 Å². The minimum atomic E-state index is -0.524. The minimum Gasteiger partial charge on any atom is -0.368 e. The van der Waals surface area contributed by atoms with Gasteiger partial charge in [0.15, 0.2) is 0 Å². The number of piperidine rings is 2. The Balaban J connectivity index is 1.53. The minimum absolute atomic E-state index is 0.0104. The van der Waals surface area contributed by atoms with Crippen LogP contribution in [0.2, 0.25) is 0 Å². The van der Waals surface area contributed by atoms with Crippen LogP contribution in [0, 0.1) is 0 Å². The first-order valence-electron chi connectivity index (χ1n) is 10.2. The maximum Gasteiger partial charge on any atom is 0.238 e. The summed E-state index contributed by atoms with van der Waals surface area (Å²) in [7, 11) is 0. The van der Waals surface area contributed by atoms with Crippen LogP contribution in [-0.2, 0) is 16.0 Å². The third-order valence-corrected chi connectivity index (χ3v) is 6.12. The predicted octanol–water partition coefficient (Wildman–Crippen LogP) is 1.99. The van der Waals surface area contributed by atoms with Crippen LogP contribution in [0.3, 0.4) is 0 Å². The van der Waals surface area contributed by atoms with E-state index in [1.807, 2.05) is 24.3 Å². The van der Waals surface area contributed by atoms with Crippen molar-refractivity contribution in [3.05, 3.63) is 29.8 Å². The number of hydrogen-bond donors (Lipinski definition) is 2. The molecule has 0 unspecified atom stereocenters. The summed E-state index contributed by atoms with van der Waals surface area (Å²) in [5, 5.41) is 2.96. The van der Waals surface area contributed by atoms with Crippen molar-refractivity contribution in [1.82, 2.24) is 9.80 Å². The van der Waals surface area contributed by atoms with Gasteiger partial charge in [0.2, 0.25) is 11.8 Å². The molecule has 3 N–H and O–H groups in total. The Bertz CT molecular complexity index is 645. The lowest BCUT2D eigenvalue weighted by Crippen LogP contribution is -2.63. The van der Waals surface area contributed by atoms with Gasteiger partial charge in [-0.1, -0.05) is 25.5 Å². The molecular formula is C21H32N4O2. The number of carbonyl (C=O) groups excluding carboxylic acids is 2. The number of nitrogens with two attached hydrogens (primary N) is 1. The van der Waals surface area contributed by atoms with Crippen LogP contribution in [0.5, 0.6) is 0 Å². The van der Waals surface area contributed by atoms with Crippen molar-refractivity contribution in [3.8, 4) is 0 Å². The van der Waals surface area contributed by atoms with Crippen molar-refractivity contribution in [3.63, 3.8) is 0 Å². The Labute approximate surface area is 162 Å². The predicted molar refractivity (Wildman–Crippen MR) is 107 cm³/mol. The zero-order chi connectivity index (χ0) is 19.3. The summed E-state index contributed by atoms with van der Waals surface area (Å²) in [6, 6.07) is 7.97. The molecule has 1 aromatic rings. The van der Waals surface area contributed by atoms with E-state index in [-0.39, 0.29) is 11.8 Å². The lowest BCUT2D eigenvalue weighted by atomic mass is 9.83. The standard InChI is InChI=1S/C21H32N4O2/c1-2-17-6-8-18(9-7-17)23-19(26)16-24-14-10-21(11-15-24,20(22)27)25-12-4-3-5-13-25/h6-9H,2-5,10-16H2,1H3,(H2,22,27)(H,23,26). The second-order valence-electron chi connectivity index (χ2n) is 7.82. The monoisotopic (exact) mass is 372 g/mol. The Hall–Kier alpha value is -1.92. The second-order valence-corrected chi connectivity index (χ2v) is 7.82. The first kappa shape index (κ1) is 19.8. The molecule has 2 heterocycles. The van der Waals surface area contributed by atoms with Crippen molar-refractivity contribution in [1.29, 1.82) is 0 Å². The van der Waals surface area contributed by atoms with Crippen LogP contribution < -0.4 is 11.1 Å². The molecule has 0 bridgehead atoms. The second kappa shape index (κ2) is 8.85. The molecule has 27 heavy (non-hydrogen) atoms. The zero-order valence-electron chi connectivity index (χ0n) is 16.4. The first-order chi connectivity index (χ1) is 13.0. The summed E-state index contributed by atoms with van der Waals surface area (Å²) in [6.45, 7) is 5.82. The van der Waals surface area contributed by atoms with E-state index in [0.717, 1.165) is 51.1 Å². The number of amides is 2. The number of nitrogens with one attached hydrogen (secondary N) is 1. The molecule has 2 aliphatic heterocycles. The van der Waals surface area contributed by atoms with Gasteiger partial charge in [-0.3, -0.25) is 19.4 Å². The van der Waals surface area contributed by atoms with Crippen LogP contribution >= 0.6 is 0 Å². The van der Waals surface area contributed by atoms with Crippen LogP contribution in [0.1, 0.15) is 44.6 Å². The average Bonchev–Trinajstić information content (AvgIpc) is 2.69. The lowest BCUT2D eigenvalue weighted by Gasteiger charge is -2.48. The highest BCUT2D eigenvalue weighted by molar-refractivity contribution is 5.92. The zero-order valence-corrected chi connectivity index (χ0v) is 16.4. The molecular weight excluding hydrogens is 340 g/mol. The fourth-order valence-electron chi connectivity index (χ4n) is 4.35. The van der Waals surface area contributed by atoms with Gasteiger partial charge in [-0.15, -0.1) is 0 Å². The number of rotatable bonds is 6. The molecule has 148 valence electrons. The smallest absolute Gasteiger partial charge is 0.238 e. The highest BCUT2D eigenvalue weighted by atomic mass is 16.2. The molecule has 6 heteroatoms. The van der Waals surface area contributed by atoms with Crippen molar-refractivity contribution >= 4 is 17.5 Å². The maximum atomic E-state index is 12.4. The summed E-state index contributed by atoms with van der Waals surface area (Å²) < 4.78 is 0. The van der Waals surface area contributed by atoms with Crippen molar-refractivity contribution in [2.75, 3.05) is 38.0 Å². The summed E-state index contributed by atoms with van der Waals surface area (Å²) in [5.41, 5.74) is 7.38. The quantitative estimate of drug-likeness (QED) is 0.800. The molecule has 0 atom stereocenters. The number of likely N-dealkylation sites (tertiary alicyclic amines) is 2. The van der Waals surface area contributed by atoms with Gasteiger partial charge in [0.05, 0.1) is 6.54 Å². The van der Waals surface area contributed by atoms with Crippen molar-refractivity contribution in [2.24, 2.45) is 5.73 Å². The van der Waals surface area contributed by atoms with E-state index in [1.54, 1.807) is 0 Å². The molecule has 1 aromatic carbocycles. The number of anilines is 1. The fourth-order valence-corrected chi connectivity index (χ4v) is 4.35. The van der Waals surface area contributed by atoms with E-state index in [1.165, 1.54) is 12.0 Å². The van der Waals surface area contributed by atoms with Gasteiger partial charge in [-0.25, -0.2) is 0 Å². The van der Waals surface area contributed by atoms with E-state index in [4.69, 9.17) is 5.73 Å². The van der Waals surface area contributed by atoms with Gasteiger partial charge in [-0.05, 0) is 62.9 Å². The Kier molecular flexibility index (Phi) is 6.50. The summed E-state index contributed by atoms with van der Waals surface area (Å²) in [5.74, 6) is -0.215. The Morgan fingerprint density at radius 3 is 2.22 bits per heavy atom. The van der Waals surface area contributed by atoms with E-state index < -0.39 is 5.54 Å². The van der Waals surface area contributed by atoms with Crippen LogP contribution in [-0.4, -0.2) is 59.9 Å². The number of carbonyl (C=O) groups is 2. The van der Waals surface area contributed by atoms with E-state index in [0.29, 0.717) is 19.4 Å². The van der Waals surface area contributed by atoms with Gasteiger partial charge < -0.3 is 11.1 Å². The first-order valence-corrected chi connectivity index (χ1v) is 10.2. The molecule has 0 radical (unpaired) electrons. The molecule has 0 saturated carbocycles. The Morgan fingerprint density at radius 1 is 1.04 bits per heavy atom. The van der Waals surface area contributed by atoms with E-state index in [2.05, 4.69) is 22.0 Å². The normalized spacial score (nSPS) is 20.9. The molecule has 3 rings (SSSR count). The average molecular weight is 373 g/mol. The molecule has 2 fully saturated rings. The van der Waals surface area contributed by atoms with Gasteiger partial charge in [-0.2, -0.15) is 0 Å². The third kappa shape index (κ3) is 4.68. The summed E-state index contributed by atoms with van der Waals surface area (Å²) in [4.78, 5) is 29.1. The molecule has 2 amide bonds. The molecule has 2 saturated heterocycles. The summed E-state index contributed by atoms with van der Waals surface area (Å²) >= 11 is 0. The van der Waals surface area contributed by atoms with E-state index in [9.17, 15) is 9.59 Å². The highest BCUT2D eigenvalue weighted by Crippen LogP contribution is 2.31. The SMILES string of the molecule is CCc1ccc(NC(=O)CN2CCC(C(N)=O)(N3CCCCC3)CC2)cc1. The van der Waals surface area contributed by atoms with Gasteiger partial charge >= 0.3 is 0 Å². The molecule has 0 aliphatic carbocycles. The van der Waals surface area contributed by atoms with Gasteiger partial charge in [0.1, 0.15) is 5.54 Å². The molecule has 6 nitrogen and oxygen atoms in total. The van der Waals surface area contributed by atoms with Gasteiger partial charge in [0.25, 0.3) is 0 Å². The maximum absolute atomic E-state index is 12.4. The molecule has 0 aromatic heterocycles. The number of aryl methyl sites for hydroxylation is 1. The third-order valence-electron chi connectivity index (χ3n) is 6.12. The van der Waals surface area contributed by atoms with Crippen LogP contribution in [0.4, 0.5) is 5.69 Å². The largest absolute Gasteiger partial charge is 0.368 e. The Morgan fingerprint density at radius 2 is 1.67 bits per heavy atom. The number of primary amides is 1. The van der Waals surface area contributed by atoms with Crippen LogP contribution in [0.15, 0.2) is 24.3 Å². The number of benzene rings is 1. The fraction of sp³-hybridized carbons (Fsp3) is 0.619. The number of nitrogens with zero attached hydrogens (tertiary/aromatic N) is 2.